The van der Waals surface area contributed by atoms with Gasteiger partial charge in [-0.05, 0) is 31.1 Å². The Labute approximate surface area is 134 Å². The molecule has 2 nitrogen and oxygen atoms in total. The van der Waals surface area contributed by atoms with Crippen molar-refractivity contribution >= 4 is 0 Å². The molecule has 0 saturated carbocycles. The van der Waals surface area contributed by atoms with Crippen molar-refractivity contribution in [2.75, 3.05) is 26.4 Å². The first kappa shape index (κ1) is 20.9. The maximum Gasteiger partial charge on any atom is 0.0546 e. The molecule has 0 aromatic carbocycles. The van der Waals surface area contributed by atoms with Crippen LogP contribution in [0.2, 0.25) is 0 Å². The molecule has 0 saturated heterocycles. The maximum absolute atomic E-state index is 6.01. The Hall–Kier alpha value is -0.0800. The van der Waals surface area contributed by atoms with Crippen molar-refractivity contribution in [2.24, 2.45) is 17.3 Å². The highest BCUT2D eigenvalue weighted by atomic mass is 16.5. The second kappa shape index (κ2) is 12.5. The fraction of sp³-hybridized carbons (Fsp3) is 1.00. The lowest BCUT2D eigenvalue weighted by Gasteiger charge is -2.38. The van der Waals surface area contributed by atoms with E-state index in [9.17, 15) is 0 Å². The smallest absolute Gasteiger partial charge is 0.0546 e. The molecule has 0 N–H and O–H groups in total. The van der Waals surface area contributed by atoms with Crippen molar-refractivity contribution in [1.29, 1.82) is 0 Å². The molecular weight excluding hydrogens is 260 g/mol. The molecule has 0 radical (unpaired) electrons. The Morgan fingerprint density at radius 2 is 1.29 bits per heavy atom. The molecule has 0 aliphatic carbocycles. The number of hydrogen-bond donors (Lipinski definition) is 0. The Kier molecular flexibility index (Phi) is 12.4. The first-order valence-electron chi connectivity index (χ1n) is 9.14. The monoisotopic (exact) mass is 300 g/mol. The van der Waals surface area contributed by atoms with Crippen LogP contribution < -0.4 is 0 Å². The van der Waals surface area contributed by atoms with Crippen LogP contribution in [-0.4, -0.2) is 26.4 Å². The molecule has 0 spiro atoms. The van der Waals surface area contributed by atoms with Crippen LogP contribution in [-0.2, 0) is 9.47 Å². The first-order chi connectivity index (χ1) is 9.98. The summed E-state index contributed by atoms with van der Waals surface area (Å²) in [6.07, 6.45) is 7.19. The Bertz CT molecular complexity index is 212. The Balaban J connectivity index is 4.54. The number of ether oxygens (including phenoxy) is 2. The van der Waals surface area contributed by atoms with E-state index in [1.54, 1.807) is 0 Å². The van der Waals surface area contributed by atoms with Gasteiger partial charge in [0.15, 0.2) is 0 Å². The van der Waals surface area contributed by atoms with Crippen molar-refractivity contribution in [3.8, 4) is 0 Å². The van der Waals surface area contributed by atoms with Crippen molar-refractivity contribution in [1.82, 2.24) is 0 Å². The van der Waals surface area contributed by atoms with Crippen LogP contribution in [0.3, 0.4) is 0 Å². The zero-order chi connectivity index (χ0) is 16.1. The zero-order valence-electron chi connectivity index (χ0n) is 15.5. The van der Waals surface area contributed by atoms with Gasteiger partial charge in [-0.25, -0.2) is 0 Å². The molecule has 0 aliphatic heterocycles. The summed E-state index contributed by atoms with van der Waals surface area (Å²) in [6.45, 7) is 17.2. The predicted octanol–water partition coefficient (Wildman–Crippen LogP) is 5.70. The molecule has 128 valence electrons. The predicted molar refractivity (Wildman–Crippen MR) is 92.8 cm³/mol. The summed E-state index contributed by atoms with van der Waals surface area (Å²) in [5.74, 6) is 1.34. The van der Waals surface area contributed by atoms with Gasteiger partial charge in [0.2, 0.25) is 0 Å². The topological polar surface area (TPSA) is 18.5 Å². The molecule has 0 amide bonds. The van der Waals surface area contributed by atoms with Gasteiger partial charge in [0, 0.05) is 18.6 Å². The second-order valence-electron chi connectivity index (χ2n) is 7.26. The number of rotatable bonds is 14. The summed E-state index contributed by atoms with van der Waals surface area (Å²) in [5, 5.41) is 0. The van der Waals surface area contributed by atoms with Crippen LogP contribution in [0.25, 0.3) is 0 Å². The van der Waals surface area contributed by atoms with Gasteiger partial charge in [-0.3, -0.25) is 0 Å². The summed E-state index contributed by atoms with van der Waals surface area (Å²) in [6, 6.07) is 0. The fourth-order valence-corrected chi connectivity index (χ4v) is 2.43. The minimum Gasteiger partial charge on any atom is -0.381 e. The molecule has 0 rings (SSSR count). The Morgan fingerprint density at radius 3 is 1.62 bits per heavy atom. The average molecular weight is 301 g/mol. The van der Waals surface area contributed by atoms with Crippen LogP contribution in [0, 0.1) is 17.3 Å². The van der Waals surface area contributed by atoms with Gasteiger partial charge in [0.05, 0.1) is 13.2 Å². The van der Waals surface area contributed by atoms with E-state index in [1.165, 1.54) is 25.7 Å². The lowest BCUT2D eigenvalue weighted by Crippen LogP contribution is -2.38. The van der Waals surface area contributed by atoms with E-state index in [0.717, 1.165) is 45.2 Å². The third kappa shape index (κ3) is 9.52. The molecule has 0 aromatic heterocycles. The van der Waals surface area contributed by atoms with Crippen LogP contribution in [0.15, 0.2) is 0 Å². The summed E-state index contributed by atoms with van der Waals surface area (Å²) < 4.78 is 12.0. The zero-order valence-corrected chi connectivity index (χ0v) is 15.5. The third-order valence-corrected chi connectivity index (χ3v) is 4.51. The lowest BCUT2D eigenvalue weighted by atomic mass is 9.73. The lowest BCUT2D eigenvalue weighted by molar-refractivity contribution is -0.0563. The summed E-state index contributed by atoms with van der Waals surface area (Å²) in [5.41, 5.74) is 0.186. The van der Waals surface area contributed by atoms with Crippen LogP contribution >= 0.6 is 0 Å². The molecule has 2 heteroatoms. The van der Waals surface area contributed by atoms with Crippen molar-refractivity contribution < 1.29 is 9.47 Å². The normalized spacial score (nSPS) is 12.6. The highest BCUT2D eigenvalue weighted by Gasteiger charge is 2.34. The summed E-state index contributed by atoms with van der Waals surface area (Å²) >= 11 is 0. The van der Waals surface area contributed by atoms with Gasteiger partial charge in [0.25, 0.3) is 0 Å². The van der Waals surface area contributed by atoms with Crippen molar-refractivity contribution in [2.45, 2.75) is 80.1 Å². The number of hydrogen-bond acceptors (Lipinski definition) is 2. The molecule has 0 unspecified atom stereocenters. The van der Waals surface area contributed by atoms with Crippen LogP contribution in [0.4, 0.5) is 0 Å². The summed E-state index contributed by atoms with van der Waals surface area (Å²) in [7, 11) is 0. The quantitative estimate of drug-likeness (QED) is 0.383. The largest absolute Gasteiger partial charge is 0.381 e. The van der Waals surface area contributed by atoms with E-state index in [0.29, 0.717) is 5.92 Å². The molecular formula is C19H40O2. The van der Waals surface area contributed by atoms with Crippen molar-refractivity contribution in [3.05, 3.63) is 0 Å². The number of unbranched alkanes of at least 4 members (excludes halogenated alkanes) is 2. The van der Waals surface area contributed by atoms with Gasteiger partial charge in [-0.15, -0.1) is 0 Å². The summed E-state index contributed by atoms with van der Waals surface area (Å²) in [4.78, 5) is 0. The van der Waals surface area contributed by atoms with E-state index < -0.39 is 0 Å². The van der Waals surface area contributed by atoms with Gasteiger partial charge in [-0.2, -0.15) is 0 Å². The van der Waals surface area contributed by atoms with Crippen LogP contribution in [0.1, 0.15) is 80.1 Å². The first-order valence-corrected chi connectivity index (χ1v) is 9.14. The SMILES string of the molecule is CCCCOCC(CCC(C)C)(COCCCC)C(C)C. The fourth-order valence-electron chi connectivity index (χ4n) is 2.43. The van der Waals surface area contributed by atoms with Gasteiger partial charge in [-0.1, -0.05) is 60.8 Å². The third-order valence-electron chi connectivity index (χ3n) is 4.51. The minimum absolute atomic E-state index is 0.186. The van der Waals surface area contributed by atoms with E-state index in [2.05, 4.69) is 41.5 Å². The molecule has 21 heavy (non-hydrogen) atoms. The highest BCUT2D eigenvalue weighted by Crippen LogP contribution is 2.35. The van der Waals surface area contributed by atoms with Crippen molar-refractivity contribution in [3.63, 3.8) is 0 Å². The maximum atomic E-state index is 6.01. The molecule has 0 aliphatic rings. The molecule has 0 fully saturated rings. The molecule has 0 heterocycles. The Morgan fingerprint density at radius 1 is 0.810 bits per heavy atom. The van der Waals surface area contributed by atoms with E-state index in [4.69, 9.17) is 9.47 Å². The second-order valence-corrected chi connectivity index (χ2v) is 7.26. The highest BCUT2D eigenvalue weighted by molar-refractivity contribution is 4.83. The van der Waals surface area contributed by atoms with Crippen LogP contribution in [0.5, 0.6) is 0 Å². The molecule has 0 atom stereocenters. The van der Waals surface area contributed by atoms with Gasteiger partial charge < -0.3 is 9.47 Å². The average Bonchev–Trinajstić information content (AvgIpc) is 2.44. The minimum atomic E-state index is 0.186. The van der Waals surface area contributed by atoms with Gasteiger partial charge in [0.1, 0.15) is 0 Å². The van der Waals surface area contributed by atoms with Gasteiger partial charge >= 0.3 is 0 Å². The molecule has 0 aromatic rings. The van der Waals surface area contributed by atoms with E-state index in [1.807, 2.05) is 0 Å². The van der Waals surface area contributed by atoms with E-state index >= 15 is 0 Å². The van der Waals surface area contributed by atoms with E-state index in [-0.39, 0.29) is 5.41 Å². The molecule has 0 bridgehead atoms. The standard InChI is InChI=1S/C19H40O2/c1-7-9-13-20-15-19(18(5)6,12-11-17(3)4)16-21-14-10-8-2/h17-18H,7-16H2,1-6H3.